The summed E-state index contributed by atoms with van der Waals surface area (Å²) in [6.07, 6.45) is 4.82. The number of nitrogens with two attached hydrogens (primary N) is 1. The van der Waals surface area contributed by atoms with Gasteiger partial charge >= 0.3 is 0 Å². The quantitative estimate of drug-likeness (QED) is 0.691. The van der Waals surface area contributed by atoms with Crippen LogP contribution in [0.5, 0.6) is 0 Å². The van der Waals surface area contributed by atoms with Crippen LogP contribution in [0.1, 0.15) is 60.3 Å². The van der Waals surface area contributed by atoms with Crippen molar-refractivity contribution in [2.75, 3.05) is 0 Å². The van der Waals surface area contributed by atoms with E-state index in [-0.39, 0.29) is 0 Å². The van der Waals surface area contributed by atoms with Gasteiger partial charge < -0.3 is 5.73 Å². The third-order valence-corrected chi connectivity index (χ3v) is 1.32. The smallest absolute Gasteiger partial charge is 0.00386 e. The van der Waals surface area contributed by atoms with Crippen LogP contribution in [-0.4, -0.2) is 6.04 Å². The summed E-state index contributed by atoms with van der Waals surface area (Å²) in [6.45, 7) is 10.9. The molecule has 0 radical (unpaired) electrons. The SMILES string of the molecule is CC(C)C.CCCC(N)CCC. The van der Waals surface area contributed by atoms with Crippen LogP contribution in [-0.2, 0) is 0 Å². The highest BCUT2D eigenvalue weighted by atomic mass is 14.6. The molecule has 0 aliphatic carbocycles. The lowest BCUT2D eigenvalue weighted by atomic mass is 10.1. The van der Waals surface area contributed by atoms with E-state index in [1.165, 1.54) is 25.7 Å². The Morgan fingerprint density at radius 2 is 1.17 bits per heavy atom. The first-order chi connectivity index (χ1) is 5.54. The van der Waals surface area contributed by atoms with Crippen LogP contribution >= 0.6 is 0 Å². The molecule has 0 fully saturated rings. The molecule has 0 saturated carbocycles. The van der Waals surface area contributed by atoms with Crippen LogP contribution in [0.25, 0.3) is 0 Å². The summed E-state index contributed by atoms with van der Waals surface area (Å²) in [5.74, 6) is 0.833. The second-order valence-corrected chi connectivity index (χ2v) is 4.07. The van der Waals surface area contributed by atoms with E-state index >= 15 is 0 Å². The van der Waals surface area contributed by atoms with Crippen LogP contribution < -0.4 is 5.73 Å². The molecular formula is C11H27N. The molecule has 12 heavy (non-hydrogen) atoms. The van der Waals surface area contributed by atoms with Crippen molar-refractivity contribution in [3.05, 3.63) is 0 Å². The highest BCUT2D eigenvalue weighted by Crippen LogP contribution is 1.99. The maximum absolute atomic E-state index is 5.69. The van der Waals surface area contributed by atoms with Crippen molar-refractivity contribution >= 4 is 0 Å². The number of hydrogen-bond donors (Lipinski definition) is 1. The molecule has 0 aliphatic rings. The van der Waals surface area contributed by atoms with E-state index in [0.717, 1.165) is 5.92 Å². The van der Waals surface area contributed by atoms with Crippen LogP contribution in [0.4, 0.5) is 0 Å². The first-order valence-electron chi connectivity index (χ1n) is 5.30. The number of hydrogen-bond acceptors (Lipinski definition) is 1. The molecule has 0 aromatic heterocycles. The summed E-state index contributed by atoms with van der Waals surface area (Å²) in [5.41, 5.74) is 5.69. The fourth-order valence-corrected chi connectivity index (χ4v) is 0.886. The third kappa shape index (κ3) is 22.5. The van der Waals surface area contributed by atoms with Crippen LogP contribution in [0, 0.1) is 5.92 Å². The van der Waals surface area contributed by atoms with Crippen molar-refractivity contribution in [3.63, 3.8) is 0 Å². The minimum Gasteiger partial charge on any atom is -0.328 e. The zero-order valence-electron chi connectivity index (χ0n) is 9.56. The summed E-state index contributed by atoms with van der Waals surface area (Å²) in [6, 6.07) is 0.463. The Labute approximate surface area is 78.7 Å². The summed E-state index contributed by atoms with van der Waals surface area (Å²) in [5, 5.41) is 0. The first kappa shape index (κ1) is 14.5. The molecule has 0 aromatic rings. The van der Waals surface area contributed by atoms with Gasteiger partial charge in [0.15, 0.2) is 0 Å². The van der Waals surface area contributed by atoms with Gasteiger partial charge in [-0.3, -0.25) is 0 Å². The van der Waals surface area contributed by atoms with E-state index in [4.69, 9.17) is 5.73 Å². The third-order valence-electron chi connectivity index (χ3n) is 1.32. The summed E-state index contributed by atoms with van der Waals surface area (Å²) in [4.78, 5) is 0. The average Bonchev–Trinajstić information content (AvgIpc) is 1.87. The van der Waals surface area contributed by atoms with Crippen LogP contribution in [0.3, 0.4) is 0 Å². The molecule has 0 spiro atoms. The van der Waals surface area contributed by atoms with Crippen molar-refractivity contribution in [3.8, 4) is 0 Å². The maximum atomic E-state index is 5.69. The molecule has 2 N–H and O–H groups in total. The largest absolute Gasteiger partial charge is 0.328 e. The van der Waals surface area contributed by atoms with E-state index in [9.17, 15) is 0 Å². The van der Waals surface area contributed by atoms with Gasteiger partial charge in [-0.1, -0.05) is 47.5 Å². The molecule has 0 rings (SSSR count). The Bertz CT molecular complexity index is 60.6. The lowest BCUT2D eigenvalue weighted by Crippen LogP contribution is -2.18. The topological polar surface area (TPSA) is 26.0 Å². The highest BCUT2D eigenvalue weighted by molar-refractivity contribution is 4.57. The predicted molar refractivity (Wildman–Crippen MR) is 58.3 cm³/mol. The standard InChI is InChI=1S/C7H17N.C4H10/c1-3-5-7(8)6-4-2;1-4(2)3/h7H,3-6,8H2,1-2H3;4H,1-3H3. The molecule has 0 aromatic carbocycles. The predicted octanol–water partition coefficient (Wildman–Crippen LogP) is 3.58. The van der Waals surface area contributed by atoms with Crippen molar-refractivity contribution in [2.24, 2.45) is 11.7 Å². The minimum atomic E-state index is 0.463. The van der Waals surface area contributed by atoms with Crippen LogP contribution in [0.2, 0.25) is 0 Å². The van der Waals surface area contributed by atoms with Gasteiger partial charge in [-0.2, -0.15) is 0 Å². The van der Waals surface area contributed by atoms with Gasteiger partial charge in [0.25, 0.3) is 0 Å². The zero-order chi connectivity index (χ0) is 9.98. The molecule has 0 unspecified atom stereocenters. The lowest BCUT2D eigenvalue weighted by molar-refractivity contribution is 0.554. The van der Waals surface area contributed by atoms with Crippen molar-refractivity contribution in [1.82, 2.24) is 0 Å². The molecular weight excluding hydrogens is 146 g/mol. The van der Waals surface area contributed by atoms with Crippen molar-refractivity contribution in [1.29, 1.82) is 0 Å². The molecule has 0 saturated heterocycles. The van der Waals surface area contributed by atoms with Gasteiger partial charge in [-0.15, -0.1) is 0 Å². The summed E-state index contributed by atoms with van der Waals surface area (Å²) in [7, 11) is 0. The van der Waals surface area contributed by atoms with Gasteiger partial charge in [-0.25, -0.2) is 0 Å². The minimum absolute atomic E-state index is 0.463. The molecule has 0 amide bonds. The maximum Gasteiger partial charge on any atom is 0.00386 e. The Morgan fingerprint density at radius 1 is 0.917 bits per heavy atom. The average molecular weight is 173 g/mol. The Balaban J connectivity index is 0. The molecule has 0 atom stereocenters. The molecule has 1 heteroatoms. The fraction of sp³-hybridized carbons (Fsp3) is 1.00. The van der Waals surface area contributed by atoms with Gasteiger partial charge in [0, 0.05) is 6.04 Å². The number of rotatable bonds is 4. The van der Waals surface area contributed by atoms with Gasteiger partial charge in [-0.05, 0) is 18.8 Å². The zero-order valence-corrected chi connectivity index (χ0v) is 9.56. The molecule has 76 valence electrons. The van der Waals surface area contributed by atoms with Gasteiger partial charge in [0.2, 0.25) is 0 Å². The second-order valence-electron chi connectivity index (χ2n) is 4.07. The van der Waals surface area contributed by atoms with Gasteiger partial charge in [0.1, 0.15) is 0 Å². The van der Waals surface area contributed by atoms with E-state index < -0.39 is 0 Å². The van der Waals surface area contributed by atoms with Crippen molar-refractivity contribution < 1.29 is 0 Å². The van der Waals surface area contributed by atoms with E-state index in [1.807, 2.05) is 0 Å². The lowest BCUT2D eigenvalue weighted by Gasteiger charge is -2.05. The van der Waals surface area contributed by atoms with E-state index in [0.29, 0.717) is 6.04 Å². The molecule has 0 heterocycles. The van der Waals surface area contributed by atoms with Gasteiger partial charge in [0.05, 0.1) is 0 Å². The first-order valence-corrected chi connectivity index (χ1v) is 5.30. The van der Waals surface area contributed by atoms with Crippen molar-refractivity contribution in [2.45, 2.75) is 66.3 Å². The molecule has 1 nitrogen and oxygen atoms in total. The Morgan fingerprint density at radius 3 is 1.33 bits per heavy atom. The fourth-order valence-electron chi connectivity index (χ4n) is 0.886. The Hall–Kier alpha value is -0.0400. The van der Waals surface area contributed by atoms with E-state index in [1.54, 1.807) is 0 Å². The molecule has 0 bridgehead atoms. The highest BCUT2D eigenvalue weighted by Gasteiger charge is 1.95. The van der Waals surface area contributed by atoms with Crippen LogP contribution in [0.15, 0.2) is 0 Å². The van der Waals surface area contributed by atoms with E-state index in [2.05, 4.69) is 34.6 Å². The summed E-state index contributed by atoms with van der Waals surface area (Å²) < 4.78 is 0. The summed E-state index contributed by atoms with van der Waals surface area (Å²) >= 11 is 0. The second kappa shape index (κ2) is 11.0. The normalized spacial score (nSPS) is 10.0. The molecule has 0 aliphatic heterocycles. The monoisotopic (exact) mass is 173 g/mol. The Kier molecular flexibility index (Phi) is 13.2.